The Kier molecular flexibility index (Phi) is 4.44. The average Bonchev–Trinajstić information content (AvgIpc) is 2.79. The van der Waals surface area contributed by atoms with Gasteiger partial charge in [0.25, 0.3) is 0 Å². The van der Waals surface area contributed by atoms with Gasteiger partial charge in [0.1, 0.15) is 5.82 Å². The second kappa shape index (κ2) is 6.33. The van der Waals surface area contributed by atoms with Crippen LogP contribution in [0.15, 0.2) is 42.5 Å². The minimum absolute atomic E-state index is 0.594. The lowest BCUT2D eigenvalue weighted by Crippen LogP contribution is -1.90. The zero-order valence-corrected chi connectivity index (χ0v) is 14.1. The molecule has 1 heterocycles. The number of halogens is 3. The van der Waals surface area contributed by atoms with Crippen LogP contribution in [0.1, 0.15) is 17.1 Å². The van der Waals surface area contributed by atoms with Gasteiger partial charge in [0.2, 0.25) is 0 Å². The molecule has 0 aliphatic carbocycles. The van der Waals surface area contributed by atoms with Crippen molar-refractivity contribution < 1.29 is 0 Å². The van der Waals surface area contributed by atoms with Crippen molar-refractivity contribution in [1.82, 2.24) is 9.97 Å². The largest absolute Gasteiger partial charge is 0.345 e. The van der Waals surface area contributed by atoms with Crippen molar-refractivity contribution in [3.8, 4) is 11.3 Å². The maximum absolute atomic E-state index is 6.27. The number of aromatic nitrogens is 2. The van der Waals surface area contributed by atoms with Crippen LogP contribution in [-0.4, -0.2) is 9.97 Å². The summed E-state index contributed by atoms with van der Waals surface area (Å²) in [5, 5.41) is 1.93. The van der Waals surface area contributed by atoms with Crippen LogP contribution in [0.5, 0.6) is 0 Å². The van der Waals surface area contributed by atoms with Crippen LogP contribution in [0.2, 0.25) is 15.1 Å². The fraction of sp³-hybridized carbons (Fsp3) is 0.118. The van der Waals surface area contributed by atoms with Crippen molar-refractivity contribution in [2.24, 2.45) is 0 Å². The Bertz CT molecular complexity index is 825. The van der Waals surface area contributed by atoms with E-state index in [2.05, 4.69) is 9.97 Å². The molecule has 2 aromatic carbocycles. The fourth-order valence-corrected chi connectivity index (χ4v) is 3.10. The molecule has 22 heavy (non-hydrogen) atoms. The monoisotopic (exact) mass is 350 g/mol. The van der Waals surface area contributed by atoms with Crippen molar-refractivity contribution in [3.63, 3.8) is 0 Å². The van der Waals surface area contributed by atoms with Crippen molar-refractivity contribution in [2.75, 3.05) is 0 Å². The number of nitrogens with zero attached hydrogens (tertiary/aromatic N) is 1. The van der Waals surface area contributed by atoms with Gasteiger partial charge in [-0.05, 0) is 42.8 Å². The highest BCUT2D eigenvalue weighted by Crippen LogP contribution is 2.31. The molecular weight excluding hydrogens is 339 g/mol. The topological polar surface area (TPSA) is 28.7 Å². The predicted octanol–water partition coefficient (Wildman–Crippen LogP) is 5.94. The van der Waals surface area contributed by atoms with Crippen LogP contribution in [0.25, 0.3) is 11.3 Å². The third-order valence-electron chi connectivity index (χ3n) is 3.38. The molecule has 0 saturated heterocycles. The molecule has 0 aliphatic heterocycles. The molecule has 1 aromatic heterocycles. The van der Waals surface area contributed by atoms with Gasteiger partial charge in [-0.1, -0.05) is 46.9 Å². The smallest absolute Gasteiger partial charge is 0.111 e. The summed E-state index contributed by atoms with van der Waals surface area (Å²) in [7, 11) is 0. The molecule has 0 unspecified atom stereocenters. The van der Waals surface area contributed by atoms with Crippen molar-refractivity contribution in [1.29, 1.82) is 0 Å². The highest BCUT2D eigenvalue weighted by molar-refractivity contribution is 6.36. The number of aryl methyl sites for hydroxylation is 1. The number of hydrogen-bond donors (Lipinski definition) is 1. The number of aromatic amines is 1. The van der Waals surface area contributed by atoms with E-state index in [0.29, 0.717) is 16.5 Å². The Hall–Kier alpha value is -1.48. The third-order valence-corrected chi connectivity index (χ3v) is 4.16. The number of imidazole rings is 1. The summed E-state index contributed by atoms with van der Waals surface area (Å²) >= 11 is 18.2. The highest BCUT2D eigenvalue weighted by atomic mass is 35.5. The van der Waals surface area contributed by atoms with Gasteiger partial charge in [0.05, 0.1) is 10.7 Å². The summed E-state index contributed by atoms with van der Waals surface area (Å²) in [6.07, 6.45) is 0.687. The van der Waals surface area contributed by atoms with Crippen LogP contribution in [0, 0.1) is 6.92 Å². The molecule has 5 heteroatoms. The van der Waals surface area contributed by atoms with Crippen LogP contribution >= 0.6 is 34.8 Å². The molecular formula is C17H13Cl3N2. The van der Waals surface area contributed by atoms with E-state index in [9.17, 15) is 0 Å². The summed E-state index contributed by atoms with van der Waals surface area (Å²) in [6.45, 7) is 1.98. The molecule has 3 rings (SSSR count). The molecule has 2 nitrogen and oxygen atoms in total. The van der Waals surface area contributed by atoms with E-state index < -0.39 is 0 Å². The molecule has 0 amide bonds. The summed E-state index contributed by atoms with van der Waals surface area (Å²) in [5.74, 6) is 0.876. The Morgan fingerprint density at radius 2 is 1.77 bits per heavy atom. The maximum Gasteiger partial charge on any atom is 0.111 e. The first-order valence-electron chi connectivity index (χ1n) is 6.78. The van der Waals surface area contributed by atoms with Crippen LogP contribution in [0.4, 0.5) is 0 Å². The number of rotatable bonds is 3. The summed E-state index contributed by atoms with van der Waals surface area (Å²) in [4.78, 5) is 7.98. The van der Waals surface area contributed by atoms with E-state index in [0.717, 1.165) is 33.4 Å². The minimum atomic E-state index is 0.594. The van der Waals surface area contributed by atoms with Crippen LogP contribution in [0.3, 0.4) is 0 Å². The molecule has 0 radical (unpaired) electrons. The zero-order chi connectivity index (χ0) is 15.7. The Morgan fingerprint density at radius 3 is 2.50 bits per heavy atom. The van der Waals surface area contributed by atoms with Crippen LogP contribution in [-0.2, 0) is 6.42 Å². The molecule has 0 fully saturated rings. The number of H-pyrrole nitrogens is 1. The summed E-state index contributed by atoms with van der Waals surface area (Å²) < 4.78 is 0. The van der Waals surface area contributed by atoms with Gasteiger partial charge in [-0.3, -0.25) is 0 Å². The second-order valence-electron chi connectivity index (χ2n) is 5.09. The average molecular weight is 352 g/mol. The lowest BCUT2D eigenvalue weighted by atomic mass is 10.1. The van der Waals surface area contributed by atoms with Gasteiger partial charge in [-0.15, -0.1) is 0 Å². The normalized spacial score (nSPS) is 10.9. The van der Waals surface area contributed by atoms with E-state index in [-0.39, 0.29) is 0 Å². The first kappa shape index (κ1) is 15.4. The van der Waals surface area contributed by atoms with Gasteiger partial charge in [-0.2, -0.15) is 0 Å². The summed E-state index contributed by atoms with van der Waals surface area (Å²) in [6, 6.07) is 13.2. The second-order valence-corrected chi connectivity index (χ2v) is 6.37. The van der Waals surface area contributed by atoms with Gasteiger partial charge in [-0.25, -0.2) is 4.98 Å². The number of benzene rings is 2. The standard InChI is InChI=1S/C17H13Cl3N2/c1-10-17(14-6-5-13(19)9-15(14)20)22-16(21-10)8-11-3-2-4-12(18)7-11/h2-7,9H,8H2,1H3,(H,21,22). The summed E-state index contributed by atoms with van der Waals surface area (Å²) in [5.41, 5.74) is 3.80. The minimum Gasteiger partial charge on any atom is -0.345 e. The van der Waals surface area contributed by atoms with E-state index >= 15 is 0 Å². The first-order valence-corrected chi connectivity index (χ1v) is 7.91. The Balaban J connectivity index is 1.94. The molecule has 0 aliphatic rings. The Morgan fingerprint density at radius 1 is 1.00 bits per heavy atom. The Labute approximate surface area is 144 Å². The molecule has 0 spiro atoms. The quantitative estimate of drug-likeness (QED) is 0.622. The number of nitrogens with one attached hydrogen (secondary N) is 1. The van der Waals surface area contributed by atoms with Gasteiger partial charge >= 0.3 is 0 Å². The molecule has 0 saturated carbocycles. The predicted molar refractivity (Wildman–Crippen MR) is 93.0 cm³/mol. The van der Waals surface area contributed by atoms with Gasteiger partial charge in [0.15, 0.2) is 0 Å². The van der Waals surface area contributed by atoms with E-state index in [1.54, 1.807) is 6.07 Å². The fourth-order valence-electron chi connectivity index (χ4n) is 2.39. The van der Waals surface area contributed by atoms with Crippen molar-refractivity contribution in [2.45, 2.75) is 13.3 Å². The van der Waals surface area contributed by atoms with Crippen LogP contribution < -0.4 is 0 Å². The van der Waals surface area contributed by atoms with Gasteiger partial charge < -0.3 is 4.98 Å². The lowest BCUT2D eigenvalue weighted by Gasteiger charge is -2.02. The van der Waals surface area contributed by atoms with E-state index in [1.807, 2.05) is 43.3 Å². The SMILES string of the molecule is Cc1[nH]c(Cc2cccc(Cl)c2)nc1-c1ccc(Cl)cc1Cl. The van der Waals surface area contributed by atoms with Gasteiger partial charge in [0, 0.05) is 27.7 Å². The number of hydrogen-bond acceptors (Lipinski definition) is 1. The molecule has 0 atom stereocenters. The molecule has 3 aromatic rings. The lowest BCUT2D eigenvalue weighted by molar-refractivity contribution is 1.02. The molecule has 0 bridgehead atoms. The van der Waals surface area contributed by atoms with E-state index in [1.165, 1.54) is 0 Å². The zero-order valence-electron chi connectivity index (χ0n) is 11.8. The van der Waals surface area contributed by atoms with Crippen molar-refractivity contribution in [3.05, 3.63) is 74.6 Å². The molecule has 1 N–H and O–H groups in total. The van der Waals surface area contributed by atoms with E-state index in [4.69, 9.17) is 34.8 Å². The third kappa shape index (κ3) is 3.30. The van der Waals surface area contributed by atoms with Crippen molar-refractivity contribution >= 4 is 34.8 Å². The first-order chi connectivity index (χ1) is 10.5. The molecule has 112 valence electrons. The maximum atomic E-state index is 6.27. The highest BCUT2D eigenvalue weighted by Gasteiger charge is 2.13.